The lowest BCUT2D eigenvalue weighted by atomic mass is 9.70. The molecule has 0 N–H and O–H groups in total. The first kappa shape index (κ1) is 13.1. The Labute approximate surface area is 121 Å². The maximum Gasteiger partial charge on any atom is 0.269 e. The van der Waals surface area contributed by atoms with E-state index in [4.69, 9.17) is 0 Å². The van der Waals surface area contributed by atoms with E-state index < -0.39 is 10.0 Å². The Bertz CT molecular complexity index is 632. The topological polar surface area (TPSA) is 54.5 Å². The molecule has 1 aromatic rings. The van der Waals surface area contributed by atoms with Crippen LogP contribution in [0.3, 0.4) is 0 Å². The molecule has 1 fully saturated rings. The summed E-state index contributed by atoms with van der Waals surface area (Å²) >= 11 is 3.45. The summed E-state index contributed by atoms with van der Waals surface area (Å²) in [5.41, 5.74) is 0.219. The highest BCUT2D eigenvalue weighted by molar-refractivity contribution is 9.09. The number of hydrogen-bond donors (Lipinski definition) is 0. The molecular formula is C13H14BrNO3S. The van der Waals surface area contributed by atoms with Gasteiger partial charge in [-0.05, 0) is 30.4 Å². The third-order valence-corrected chi connectivity index (χ3v) is 7.07. The summed E-state index contributed by atoms with van der Waals surface area (Å²) in [7, 11) is -3.65. The minimum absolute atomic E-state index is 0.0786. The Hall–Kier alpha value is -0.880. The first-order chi connectivity index (χ1) is 9.00. The first-order valence-corrected chi connectivity index (χ1v) is 8.78. The van der Waals surface area contributed by atoms with Crippen LogP contribution in [0.25, 0.3) is 0 Å². The Balaban J connectivity index is 1.99. The van der Waals surface area contributed by atoms with Gasteiger partial charge in [0.15, 0.2) is 0 Å². The molecule has 1 saturated carbocycles. The van der Waals surface area contributed by atoms with E-state index in [1.165, 1.54) is 6.07 Å². The SMILES string of the molecule is O=C1c2ccccc2S(=O)(=O)N1CC1(CBr)CCC1. The van der Waals surface area contributed by atoms with Gasteiger partial charge in [0.1, 0.15) is 4.90 Å². The Morgan fingerprint density at radius 1 is 1.26 bits per heavy atom. The molecule has 0 unspecified atom stereocenters. The number of carbonyl (C=O) groups is 1. The van der Waals surface area contributed by atoms with Gasteiger partial charge in [-0.2, -0.15) is 0 Å². The number of carbonyl (C=O) groups excluding carboxylic acids is 1. The maximum atomic E-state index is 12.4. The largest absolute Gasteiger partial charge is 0.269 e. The highest BCUT2D eigenvalue weighted by Gasteiger charge is 2.47. The van der Waals surface area contributed by atoms with Crippen LogP contribution >= 0.6 is 15.9 Å². The summed E-state index contributed by atoms with van der Waals surface area (Å²) in [4.78, 5) is 12.4. The number of alkyl halides is 1. The number of halogens is 1. The van der Waals surface area contributed by atoms with Gasteiger partial charge in [-0.15, -0.1) is 0 Å². The molecule has 0 radical (unpaired) electrons. The predicted molar refractivity (Wildman–Crippen MR) is 74.7 cm³/mol. The van der Waals surface area contributed by atoms with Gasteiger partial charge in [0.2, 0.25) is 0 Å². The normalized spacial score (nSPS) is 23.0. The van der Waals surface area contributed by atoms with Crippen molar-refractivity contribution >= 4 is 31.9 Å². The van der Waals surface area contributed by atoms with Gasteiger partial charge < -0.3 is 0 Å². The van der Waals surface area contributed by atoms with E-state index in [2.05, 4.69) is 15.9 Å². The van der Waals surface area contributed by atoms with Gasteiger partial charge >= 0.3 is 0 Å². The molecule has 0 spiro atoms. The van der Waals surface area contributed by atoms with Crippen molar-refractivity contribution in [2.45, 2.75) is 24.2 Å². The lowest BCUT2D eigenvalue weighted by molar-refractivity contribution is 0.0750. The van der Waals surface area contributed by atoms with E-state index in [0.717, 1.165) is 28.9 Å². The number of hydrogen-bond acceptors (Lipinski definition) is 3. The molecule has 1 amide bonds. The van der Waals surface area contributed by atoms with Crippen LogP contribution < -0.4 is 0 Å². The average Bonchev–Trinajstić information content (AvgIpc) is 2.55. The molecule has 0 bridgehead atoms. The lowest BCUT2D eigenvalue weighted by Crippen LogP contribution is -2.45. The first-order valence-electron chi connectivity index (χ1n) is 6.22. The van der Waals surface area contributed by atoms with E-state index in [0.29, 0.717) is 5.56 Å². The Morgan fingerprint density at radius 2 is 1.95 bits per heavy atom. The third-order valence-electron chi connectivity index (χ3n) is 4.09. The molecule has 102 valence electrons. The zero-order chi connectivity index (χ0) is 13.7. The van der Waals surface area contributed by atoms with Crippen LogP contribution in [0.5, 0.6) is 0 Å². The van der Waals surface area contributed by atoms with Crippen molar-refractivity contribution in [2.24, 2.45) is 5.41 Å². The number of benzene rings is 1. The highest BCUT2D eigenvalue weighted by atomic mass is 79.9. The molecule has 1 aromatic carbocycles. The molecule has 0 saturated heterocycles. The number of fused-ring (bicyclic) bond motifs is 1. The molecule has 19 heavy (non-hydrogen) atoms. The standard InChI is InChI=1S/C13H14BrNO3S/c14-8-13(6-3-7-13)9-15-12(16)10-4-1-2-5-11(10)19(15,17)18/h1-2,4-5H,3,6-9H2. The monoisotopic (exact) mass is 343 g/mol. The van der Waals surface area contributed by atoms with Gasteiger partial charge in [0, 0.05) is 11.9 Å². The number of sulfonamides is 1. The molecule has 3 rings (SSSR count). The van der Waals surface area contributed by atoms with Crippen LogP contribution in [0, 0.1) is 5.41 Å². The fraction of sp³-hybridized carbons (Fsp3) is 0.462. The molecule has 1 aliphatic carbocycles. The van der Waals surface area contributed by atoms with Crippen LogP contribution in [-0.2, 0) is 10.0 Å². The smallest absolute Gasteiger partial charge is 0.268 e. The van der Waals surface area contributed by atoms with Gasteiger partial charge in [0.05, 0.1) is 5.56 Å². The van der Waals surface area contributed by atoms with Gasteiger partial charge in [-0.3, -0.25) is 4.79 Å². The van der Waals surface area contributed by atoms with Crippen LogP contribution in [0.15, 0.2) is 29.2 Å². The van der Waals surface area contributed by atoms with E-state index in [1.54, 1.807) is 18.2 Å². The van der Waals surface area contributed by atoms with Crippen molar-refractivity contribution in [1.29, 1.82) is 0 Å². The number of amides is 1. The van der Waals surface area contributed by atoms with E-state index in [-0.39, 0.29) is 22.8 Å². The van der Waals surface area contributed by atoms with Crippen molar-refractivity contribution in [3.63, 3.8) is 0 Å². The molecule has 6 heteroatoms. The van der Waals surface area contributed by atoms with Gasteiger partial charge in [-0.1, -0.05) is 34.5 Å². The fourth-order valence-corrected chi connectivity index (χ4v) is 5.12. The molecule has 0 atom stereocenters. The second-order valence-corrected chi connectivity index (χ2v) is 7.69. The van der Waals surface area contributed by atoms with Gasteiger partial charge in [0.25, 0.3) is 15.9 Å². The van der Waals surface area contributed by atoms with E-state index in [9.17, 15) is 13.2 Å². The second-order valence-electron chi connectivity index (χ2n) is 5.30. The fourth-order valence-electron chi connectivity index (χ4n) is 2.70. The molecule has 1 heterocycles. The van der Waals surface area contributed by atoms with Crippen LogP contribution in [-0.4, -0.2) is 30.5 Å². The third kappa shape index (κ3) is 1.84. The summed E-state index contributed by atoms with van der Waals surface area (Å²) in [5, 5.41) is 0.732. The zero-order valence-corrected chi connectivity index (χ0v) is 12.7. The van der Waals surface area contributed by atoms with Crippen LogP contribution in [0.1, 0.15) is 29.6 Å². The summed E-state index contributed by atoms with van der Waals surface area (Å²) in [6.45, 7) is 0.286. The second kappa shape index (κ2) is 4.31. The van der Waals surface area contributed by atoms with Crippen molar-refractivity contribution in [1.82, 2.24) is 4.31 Å². The van der Waals surface area contributed by atoms with Crippen molar-refractivity contribution in [3.05, 3.63) is 29.8 Å². The Morgan fingerprint density at radius 3 is 2.47 bits per heavy atom. The summed E-state index contributed by atoms with van der Waals surface area (Å²) < 4.78 is 25.9. The minimum Gasteiger partial charge on any atom is -0.268 e. The molecule has 0 aromatic heterocycles. The highest BCUT2D eigenvalue weighted by Crippen LogP contribution is 2.45. The summed E-state index contributed by atoms with van der Waals surface area (Å²) in [6, 6.07) is 6.43. The molecular weight excluding hydrogens is 330 g/mol. The van der Waals surface area contributed by atoms with Crippen molar-refractivity contribution in [3.8, 4) is 0 Å². The quantitative estimate of drug-likeness (QED) is 0.792. The van der Waals surface area contributed by atoms with E-state index >= 15 is 0 Å². The number of nitrogens with zero attached hydrogens (tertiary/aromatic N) is 1. The predicted octanol–water partition coefficient (Wildman–Crippen LogP) is 2.40. The minimum atomic E-state index is -3.65. The van der Waals surface area contributed by atoms with Crippen LogP contribution in [0.2, 0.25) is 0 Å². The number of rotatable bonds is 3. The van der Waals surface area contributed by atoms with Crippen molar-refractivity contribution < 1.29 is 13.2 Å². The van der Waals surface area contributed by atoms with E-state index in [1.807, 2.05) is 0 Å². The molecule has 2 aliphatic rings. The average molecular weight is 344 g/mol. The Kier molecular flexibility index (Phi) is 2.98. The molecule has 1 aliphatic heterocycles. The summed E-state index contributed by atoms with van der Waals surface area (Å²) in [6.07, 6.45) is 3.03. The maximum absolute atomic E-state index is 12.4. The van der Waals surface area contributed by atoms with Gasteiger partial charge in [-0.25, -0.2) is 12.7 Å². The lowest BCUT2D eigenvalue weighted by Gasteiger charge is -2.42. The zero-order valence-electron chi connectivity index (χ0n) is 10.3. The molecule has 4 nitrogen and oxygen atoms in total. The summed E-state index contributed by atoms with van der Waals surface area (Å²) in [5.74, 6) is -0.386. The van der Waals surface area contributed by atoms with Crippen molar-refractivity contribution in [2.75, 3.05) is 11.9 Å². The van der Waals surface area contributed by atoms with Crippen LogP contribution in [0.4, 0.5) is 0 Å².